The smallest absolute Gasteiger partial charge is 0.343 e. The minimum Gasteiger partial charge on any atom is -0.464 e. The predicted molar refractivity (Wildman–Crippen MR) is 59.6 cm³/mol. The first-order valence-corrected chi connectivity index (χ1v) is 5.21. The highest BCUT2D eigenvalue weighted by Crippen LogP contribution is 2.28. The minimum absolute atomic E-state index is 0.0388. The van der Waals surface area contributed by atoms with Crippen molar-refractivity contribution in [2.24, 2.45) is 0 Å². The molecule has 1 aromatic carbocycles. The molecule has 1 aromatic rings. The molecule has 0 unspecified atom stereocenters. The molecule has 0 heterocycles. The molecule has 0 spiro atoms. The summed E-state index contributed by atoms with van der Waals surface area (Å²) in [5, 5.41) is 20.3. The molecule has 0 aliphatic heterocycles. The number of nitro benzene ring substituents is 1. The Morgan fingerprint density at radius 1 is 1.56 bits per heavy atom. The van der Waals surface area contributed by atoms with Crippen molar-refractivity contribution in [3.05, 3.63) is 39.9 Å². The Kier molecular flexibility index (Phi) is 4.73. The number of benzene rings is 1. The summed E-state index contributed by atoms with van der Waals surface area (Å²) in [6.07, 6.45) is -4.28. The molecule has 1 N–H and O–H groups in total. The maximum Gasteiger partial charge on any atom is 0.343 e. The Balaban J connectivity index is 2.99. The van der Waals surface area contributed by atoms with Gasteiger partial charge in [-0.25, -0.2) is 9.18 Å². The number of aliphatic hydroxyl groups excluding tert-OH is 1. The Labute approximate surface area is 102 Å². The number of nitro groups is 1. The number of hydrogen-bond donors (Lipinski definition) is 1. The molecular formula is C11H12FNO5. The van der Waals surface area contributed by atoms with Crippen molar-refractivity contribution in [1.29, 1.82) is 0 Å². The minimum atomic E-state index is -2.36. The van der Waals surface area contributed by atoms with Crippen molar-refractivity contribution in [1.82, 2.24) is 0 Å². The molecule has 98 valence electrons. The molecule has 0 bridgehead atoms. The lowest BCUT2D eigenvalue weighted by Crippen LogP contribution is -2.26. The van der Waals surface area contributed by atoms with Crippen LogP contribution in [0.3, 0.4) is 0 Å². The average molecular weight is 257 g/mol. The third-order valence-corrected chi connectivity index (χ3v) is 2.24. The van der Waals surface area contributed by atoms with E-state index in [2.05, 4.69) is 4.74 Å². The van der Waals surface area contributed by atoms with Crippen LogP contribution in [0.5, 0.6) is 0 Å². The van der Waals surface area contributed by atoms with Crippen LogP contribution in [0.4, 0.5) is 10.1 Å². The maximum atomic E-state index is 13.6. The fourth-order valence-corrected chi connectivity index (χ4v) is 1.41. The summed E-state index contributed by atoms with van der Waals surface area (Å²) in [5.41, 5.74) is -0.708. The zero-order chi connectivity index (χ0) is 13.7. The molecule has 0 radical (unpaired) electrons. The second kappa shape index (κ2) is 6.06. The van der Waals surface area contributed by atoms with Gasteiger partial charge in [0.2, 0.25) is 6.17 Å². The summed E-state index contributed by atoms with van der Waals surface area (Å²) in [6, 6.07) is 5.10. The summed E-state index contributed by atoms with van der Waals surface area (Å²) < 4.78 is 18.0. The third-order valence-electron chi connectivity index (χ3n) is 2.24. The zero-order valence-corrected chi connectivity index (χ0v) is 9.58. The summed E-state index contributed by atoms with van der Waals surface area (Å²) in [6.45, 7) is 1.45. The first-order chi connectivity index (χ1) is 8.49. The van der Waals surface area contributed by atoms with Crippen molar-refractivity contribution < 1.29 is 24.0 Å². The van der Waals surface area contributed by atoms with Crippen LogP contribution in [0.25, 0.3) is 0 Å². The van der Waals surface area contributed by atoms with Crippen molar-refractivity contribution >= 4 is 11.7 Å². The van der Waals surface area contributed by atoms with Gasteiger partial charge in [-0.05, 0) is 13.0 Å². The number of ether oxygens (including phenoxy) is 1. The van der Waals surface area contributed by atoms with Gasteiger partial charge in [-0.15, -0.1) is 0 Å². The monoisotopic (exact) mass is 257 g/mol. The normalized spacial score (nSPS) is 13.7. The van der Waals surface area contributed by atoms with E-state index in [1.165, 1.54) is 25.1 Å². The van der Waals surface area contributed by atoms with Crippen molar-refractivity contribution in [3.8, 4) is 0 Å². The van der Waals surface area contributed by atoms with Gasteiger partial charge in [0.25, 0.3) is 5.69 Å². The lowest BCUT2D eigenvalue weighted by molar-refractivity contribution is -0.386. The maximum absolute atomic E-state index is 13.6. The van der Waals surface area contributed by atoms with Crippen molar-refractivity contribution in [2.45, 2.75) is 19.2 Å². The second-order valence-corrected chi connectivity index (χ2v) is 3.41. The number of alkyl halides is 1. The van der Waals surface area contributed by atoms with Gasteiger partial charge in [0.15, 0.2) is 0 Å². The molecule has 1 rings (SSSR count). The highest BCUT2D eigenvalue weighted by molar-refractivity contribution is 5.75. The number of hydrogen-bond acceptors (Lipinski definition) is 5. The van der Waals surface area contributed by atoms with E-state index < -0.39 is 28.9 Å². The number of carbonyl (C=O) groups is 1. The number of nitrogens with zero attached hydrogens (tertiary/aromatic N) is 1. The quantitative estimate of drug-likeness (QED) is 0.490. The number of rotatable bonds is 5. The topological polar surface area (TPSA) is 89.7 Å². The van der Waals surface area contributed by atoms with E-state index in [1.54, 1.807) is 0 Å². The zero-order valence-electron chi connectivity index (χ0n) is 9.58. The van der Waals surface area contributed by atoms with Gasteiger partial charge in [0.1, 0.15) is 6.10 Å². The first kappa shape index (κ1) is 14.0. The summed E-state index contributed by atoms with van der Waals surface area (Å²) in [4.78, 5) is 21.1. The van der Waals surface area contributed by atoms with Crippen LogP contribution in [0, 0.1) is 10.1 Å². The standard InChI is InChI=1S/C11H12FNO5/c1-2-18-11(15)9(12)10(14)7-5-3-4-6-8(7)13(16)17/h3-6,9-10,14H,2H2,1H3/t9-,10-/m1/s1. The van der Waals surface area contributed by atoms with Crippen LogP contribution in [0.2, 0.25) is 0 Å². The van der Waals surface area contributed by atoms with E-state index in [0.29, 0.717) is 0 Å². The van der Waals surface area contributed by atoms with Crippen molar-refractivity contribution in [3.63, 3.8) is 0 Å². The largest absolute Gasteiger partial charge is 0.464 e. The lowest BCUT2D eigenvalue weighted by atomic mass is 10.0. The van der Waals surface area contributed by atoms with E-state index in [1.807, 2.05) is 0 Å². The molecule has 6 nitrogen and oxygen atoms in total. The van der Waals surface area contributed by atoms with Gasteiger partial charge in [0, 0.05) is 6.07 Å². The molecule has 0 saturated carbocycles. The molecule has 18 heavy (non-hydrogen) atoms. The van der Waals surface area contributed by atoms with Crippen LogP contribution >= 0.6 is 0 Å². The van der Waals surface area contributed by atoms with Crippen LogP contribution in [-0.4, -0.2) is 28.8 Å². The van der Waals surface area contributed by atoms with Gasteiger partial charge in [-0.1, -0.05) is 12.1 Å². The highest BCUT2D eigenvalue weighted by Gasteiger charge is 2.33. The average Bonchev–Trinajstić information content (AvgIpc) is 2.37. The lowest BCUT2D eigenvalue weighted by Gasteiger charge is -2.14. The molecule has 0 fully saturated rings. The fourth-order valence-electron chi connectivity index (χ4n) is 1.41. The SMILES string of the molecule is CCOC(=O)[C@H](F)[C@H](O)c1ccccc1[N+](=O)[O-]. The molecule has 0 amide bonds. The number of esters is 1. The Morgan fingerprint density at radius 3 is 2.72 bits per heavy atom. The van der Waals surface area contributed by atoms with Crippen LogP contribution in [0.1, 0.15) is 18.6 Å². The summed E-state index contributed by atoms with van der Waals surface area (Å²) in [7, 11) is 0. The van der Waals surface area contributed by atoms with Gasteiger partial charge < -0.3 is 9.84 Å². The first-order valence-electron chi connectivity index (χ1n) is 5.21. The third kappa shape index (κ3) is 3.01. The summed E-state index contributed by atoms with van der Waals surface area (Å²) >= 11 is 0. The van der Waals surface area contributed by atoms with E-state index in [9.17, 15) is 24.4 Å². The van der Waals surface area contributed by atoms with Crippen LogP contribution in [0.15, 0.2) is 24.3 Å². The van der Waals surface area contributed by atoms with E-state index in [4.69, 9.17) is 0 Å². The van der Waals surface area contributed by atoms with Gasteiger partial charge in [-0.2, -0.15) is 0 Å². The Bertz CT molecular complexity index is 451. The molecular weight excluding hydrogens is 245 g/mol. The van der Waals surface area contributed by atoms with E-state index in [0.717, 1.165) is 6.07 Å². The van der Waals surface area contributed by atoms with Crippen LogP contribution in [-0.2, 0) is 9.53 Å². The predicted octanol–water partition coefficient (Wildman–Crippen LogP) is 1.53. The summed E-state index contributed by atoms with van der Waals surface area (Å²) in [5.74, 6) is -1.25. The molecule has 2 atom stereocenters. The second-order valence-electron chi connectivity index (χ2n) is 3.41. The molecule has 0 aliphatic carbocycles. The number of halogens is 1. The highest BCUT2D eigenvalue weighted by atomic mass is 19.1. The Hall–Kier alpha value is -2.02. The molecule has 0 aromatic heterocycles. The number of aliphatic hydroxyl groups is 1. The van der Waals surface area contributed by atoms with Gasteiger partial charge in [0.05, 0.1) is 17.1 Å². The Morgan fingerprint density at radius 2 is 2.17 bits per heavy atom. The van der Waals surface area contributed by atoms with Gasteiger partial charge >= 0.3 is 5.97 Å². The molecule has 0 aliphatic rings. The van der Waals surface area contributed by atoms with Crippen molar-refractivity contribution in [2.75, 3.05) is 6.61 Å². The molecule has 7 heteroatoms. The fraction of sp³-hybridized carbons (Fsp3) is 0.364. The molecule has 0 saturated heterocycles. The van der Waals surface area contributed by atoms with Gasteiger partial charge in [-0.3, -0.25) is 10.1 Å². The van der Waals surface area contributed by atoms with E-state index in [-0.39, 0.29) is 12.2 Å². The number of carbonyl (C=O) groups excluding carboxylic acids is 1. The van der Waals surface area contributed by atoms with E-state index >= 15 is 0 Å². The number of para-hydroxylation sites is 1. The van der Waals surface area contributed by atoms with Crippen LogP contribution < -0.4 is 0 Å².